The standard InChI is InChI=1S/C13H17FN2O2/c14-11-4-3-9(15)7-10(11)12(18)16-13(8-17)5-1-2-6-13/h3-4,7,17H,1-2,5-6,8,15H2,(H,16,18). The van der Waals surface area contributed by atoms with E-state index in [1.165, 1.54) is 18.2 Å². The fourth-order valence-electron chi connectivity index (χ4n) is 2.40. The van der Waals surface area contributed by atoms with Crippen molar-refractivity contribution in [3.05, 3.63) is 29.6 Å². The molecule has 18 heavy (non-hydrogen) atoms. The number of hydrogen-bond donors (Lipinski definition) is 3. The van der Waals surface area contributed by atoms with Gasteiger partial charge in [-0.15, -0.1) is 0 Å². The highest BCUT2D eigenvalue weighted by molar-refractivity contribution is 5.95. The molecule has 1 aromatic rings. The maximum absolute atomic E-state index is 13.5. The van der Waals surface area contributed by atoms with Gasteiger partial charge in [0, 0.05) is 5.69 Å². The van der Waals surface area contributed by atoms with Gasteiger partial charge in [-0.2, -0.15) is 0 Å². The lowest BCUT2D eigenvalue weighted by Gasteiger charge is -2.28. The summed E-state index contributed by atoms with van der Waals surface area (Å²) in [4.78, 5) is 12.0. The molecule has 1 aliphatic carbocycles. The summed E-state index contributed by atoms with van der Waals surface area (Å²) in [5.41, 5.74) is 5.20. The van der Waals surface area contributed by atoms with Gasteiger partial charge in [-0.1, -0.05) is 12.8 Å². The van der Waals surface area contributed by atoms with Crippen molar-refractivity contribution in [1.82, 2.24) is 5.32 Å². The Morgan fingerprint density at radius 2 is 2.11 bits per heavy atom. The summed E-state index contributed by atoms with van der Waals surface area (Å²) in [5.74, 6) is -1.12. The molecule has 0 bridgehead atoms. The average molecular weight is 252 g/mol. The molecule has 1 aliphatic rings. The second-order valence-corrected chi connectivity index (χ2v) is 4.84. The van der Waals surface area contributed by atoms with E-state index in [1.54, 1.807) is 0 Å². The molecule has 0 atom stereocenters. The van der Waals surface area contributed by atoms with Gasteiger partial charge in [0.25, 0.3) is 5.91 Å². The van der Waals surface area contributed by atoms with E-state index in [9.17, 15) is 14.3 Å². The van der Waals surface area contributed by atoms with Crippen LogP contribution < -0.4 is 11.1 Å². The first-order valence-electron chi connectivity index (χ1n) is 6.05. The highest BCUT2D eigenvalue weighted by atomic mass is 19.1. The first-order valence-corrected chi connectivity index (χ1v) is 6.05. The van der Waals surface area contributed by atoms with Gasteiger partial charge in [0.2, 0.25) is 0 Å². The van der Waals surface area contributed by atoms with Crippen molar-refractivity contribution in [3.8, 4) is 0 Å². The number of anilines is 1. The molecule has 0 saturated heterocycles. The molecule has 2 rings (SSSR count). The molecular weight excluding hydrogens is 235 g/mol. The number of hydrogen-bond acceptors (Lipinski definition) is 3. The topological polar surface area (TPSA) is 75.4 Å². The van der Waals surface area contributed by atoms with E-state index in [-0.39, 0.29) is 12.2 Å². The molecule has 1 fully saturated rings. The quantitative estimate of drug-likeness (QED) is 0.712. The smallest absolute Gasteiger partial charge is 0.254 e. The van der Waals surface area contributed by atoms with Crippen molar-refractivity contribution in [1.29, 1.82) is 0 Å². The minimum absolute atomic E-state index is 0.0743. The first-order chi connectivity index (χ1) is 8.56. The molecule has 1 aromatic carbocycles. The Morgan fingerprint density at radius 3 is 2.72 bits per heavy atom. The van der Waals surface area contributed by atoms with E-state index in [0.717, 1.165) is 25.7 Å². The maximum Gasteiger partial charge on any atom is 0.254 e. The molecule has 0 unspecified atom stereocenters. The first kappa shape index (κ1) is 12.8. The lowest BCUT2D eigenvalue weighted by Crippen LogP contribution is -2.49. The highest BCUT2D eigenvalue weighted by Gasteiger charge is 2.35. The monoisotopic (exact) mass is 252 g/mol. The van der Waals surface area contributed by atoms with Gasteiger partial charge in [-0.05, 0) is 31.0 Å². The van der Waals surface area contributed by atoms with Crippen LogP contribution in [-0.4, -0.2) is 23.2 Å². The summed E-state index contributed by atoms with van der Waals surface area (Å²) < 4.78 is 13.5. The molecule has 0 radical (unpaired) electrons. The predicted molar refractivity (Wildman–Crippen MR) is 66.6 cm³/mol. The van der Waals surface area contributed by atoms with Crippen LogP contribution in [0, 0.1) is 5.82 Å². The molecule has 4 N–H and O–H groups in total. The molecule has 0 aliphatic heterocycles. The van der Waals surface area contributed by atoms with Crippen LogP contribution in [0.3, 0.4) is 0 Å². The van der Waals surface area contributed by atoms with E-state index < -0.39 is 17.3 Å². The molecule has 98 valence electrons. The number of nitrogen functional groups attached to an aromatic ring is 1. The van der Waals surface area contributed by atoms with Gasteiger partial charge in [0.1, 0.15) is 5.82 Å². The third kappa shape index (κ3) is 2.46. The van der Waals surface area contributed by atoms with E-state index in [2.05, 4.69) is 5.32 Å². The molecular formula is C13H17FN2O2. The molecule has 1 saturated carbocycles. The zero-order valence-corrected chi connectivity index (χ0v) is 10.1. The van der Waals surface area contributed by atoms with Crippen molar-refractivity contribution < 1.29 is 14.3 Å². The minimum Gasteiger partial charge on any atom is -0.399 e. The number of aliphatic hydroxyl groups excluding tert-OH is 1. The Bertz CT molecular complexity index is 456. The molecule has 0 aromatic heterocycles. The number of carbonyl (C=O) groups excluding carboxylic acids is 1. The summed E-state index contributed by atoms with van der Waals surface area (Å²) >= 11 is 0. The van der Waals surface area contributed by atoms with E-state index in [0.29, 0.717) is 5.69 Å². The van der Waals surface area contributed by atoms with Crippen LogP contribution in [0.4, 0.5) is 10.1 Å². The third-order valence-corrected chi connectivity index (χ3v) is 3.48. The third-order valence-electron chi connectivity index (χ3n) is 3.48. The van der Waals surface area contributed by atoms with Crippen LogP contribution in [0.15, 0.2) is 18.2 Å². The van der Waals surface area contributed by atoms with Gasteiger partial charge in [-0.25, -0.2) is 4.39 Å². The van der Waals surface area contributed by atoms with Crippen molar-refractivity contribution in [2.75, 3.05) is 12.3 Å². The number of carbonyl (C=O) groups is 1. The second-order valence-electron chi connectivity index (χ2n) is 4.84. The fraction of sp³-hybridized carbons (Fsp3) is 0.462. The number of nitrogens with two attached hydrogens (primary N) is 1. The van der Waals surface area contributed by atoms with Crippen molar-refractivity contribution >= 4 is 11.6 Å². The van der Waals surface area contributed by atoms with Crippen LogP contribution in [0.25, 0.3) is 0 Å². The van der Waals surface area contributed by atoms with Gasteiger partial charge in [0.05, 0.1) is 17.7 Å². The van der Waals surface area contributed by atoms with E-state index in [4.69, 9.17) is 5.73 Å². The number of aliphatic hydroxyl groups is 1. The summed E-state index contributed by atoms with van der Waals surface area (Å²) in [6, 6.07) is 3.89. The zero-order valence-electron chi connectivity index (χ0n) is 10.1. The van der Waals surface area contributed by atoms with Crippen LogP contribution in [0.5, 0.6) is 0 Å². The molecule has 0 spiro atoms. The fourth-order valence-corrected chi connectivity index (χ4v) is 2.40. The Hall–Kier alpha value is -1.62. The molecule has 1 amide bonds. The number of rotatable bonds is 3. The largest absolute Gasteiger partial charge is 0.399 e. The molecule has 5 heteroatoms. The van der Waals surface area contributed by atoms with Crippen molar-refractivity contribution in [2.24, 2.45) is 0 Å². The van der Waals surface area contributed by atoms with Gasteiger partial charge in [-0.3, -0.25) is 4.79 Å². The van der Waals surface area contributed by atoms with Crippen LogP contribution >= 0.6 is 0 Å². The normalized spacial score (nSPS) is 17.7. The summed E-state index contributed by atoms with van der Waals surface area (Å²) in [5, 5.41) is 12.1. The zero-order chi connectivity index (χ0) is 13.2. The van der Waals surface area contributed by atoms with E-state index >= 15 is 0 Å². The lowest BCUT2D eigenvalue weighted by molar-refractivity contribution is 0.0834. The Morgan fingerprint density at radius 1 is 1.44 bits per heavy atom. The summed E-state index contributed by atoms with van der Waals surface area (Å²) in [6.07, 6.45) is 3.36. The maximum atomic E-state index is 13.5. The van der Waals surface area contributed by atoms with Gasteiger partial charge in [0.15, 0.2) is 0 Å². The van der Waals surface area contributed by atoms with Crippen molar-refractivity contribution in [3.63, 3.8) is 0 Å². The van der Waals surface area contributed by atoms with Crippen LogP contribution in [0.2, 0.25) is 0 Å². The van der Waals surface area contributed by atoms with E-state index in [1.807, 2.05) is 0 Å². The highest BCUT2D eigenvalue weighted by Crippen LogP contribution is 2.29. The minimum atomic E-state index is -0.604. The van der Waals surface area contributed by atoms with Gasteiger partial charge < -0.3 is 16.2 Å². The SMILES string of the molecule is Nc1ccc(F)c(C(=O)NC2(CO)CCCC2)c1. The second kappa shape index (κ2) is 4.94. The summed E-state index contributed by atoms with van der Waals surface area (Å²) in [6.45, 7) is -0.122. The predicted octanol–water partition coefficient (Wildman–Crippen LogP) is 1.44. The Balaban J connectivity index is 2.18. The Labute approximate surface area is 105 Å². The number of nitrogens with one attached hydrogen (secondary N) is 1. The van der Waals surface area contributed by atoms with Crippen LogP contribution in [-0.2, 0) is 0 Å². The number of benzene rings is 1. The average Bonchev–Trinajstić information content (AvgIpc) is 2.81. The van der Waals surface area contributed by atoms with Crippen molar-refractivity contribution in [2.45, 2.75) is 31.2 Å². The molecule has 4 nitrogen and oxygen atoms in total. The molecule has 0 heterocycles. The lowest BCUT2D eigenvalue weighted by atomic mass is 9.98. The Kier molecular flexibility index (Phi) is 3.52. The van der Waals surface area contributed by atoms with Gasteiger partial charge >= 0.3 is 0 Å². The summed E-state index contributed by atoms with van der Waals surface area (Å²) in [7, 11) is 0. The number of amides is 1. The number of halogens is 1. The van der Waals surface area contributed by atoms with Crippen LogP contribution in [0.1, 0.15) is 36.0 Å².